The van der Waals surface area contributed by atoms with Crippen molar-refractivity contribution in [3.8, 4) is 0 Å². The molecule has 0 unspecified atom stereocenters. The van der Waals surface area contributed by atoms with Crippen LogP contribution in [-0.2, 0) is 9.53 Å². The van der Waals surface area contributed by atoms with Crippen LogP contribution in [0.2, 0.25) is 0 Å². The molecule has 0 aliphatic carbocycles. The van der Waals surface area contributed by atoms with Gasteiger partial charge in [0.1, 0.15) is 0 Å². The largest absolute Gasteiger partial charge is 1.00 e. The average molecular weight is 256 g/mol. The van der Waals surface area contributed by atoms with Crippen LogP contribution in [0.4, 0.5) is 0 Å². The Kier molecular flexibility index (Phi) is 6.53. The predicted octanol–water partition coefficient (Wildman–Crippen LogP) is -3.50. The monoisotopic (exact) mass is 256 g/mol. The number of methoxy groups -OCH3 is 1. The third kappa shape index (κ3) is 4.05. The van der Waals surface area contributed by atoms with Crippen molar-refractivity contribution >= 4 is 5.97 Å². The Morgan fingerprint density at radius 1 is 1.47 bits per heavy atom. The van der Waals surface area contributed by atoms with Gasteiger partial charge in [0.05, 0.1) is 6.61 Å². The van der Waals surface area contributed by atoms with Gasteiger partial charge in [-0.15, -0.1) is 0 Å². The molecule has 1 fully saturated rings. The Hall–Kier alpha value is -0.863. The first-order chi connectivity index (χ1) is 8.72. The molecule has 1 saturated heterocycles. The fourth-order valence-corrected chi connectivity index (χ4v) is 2.48. The van der Waals surface area contributed by atoms with Crippen LogP contribution in [0.3, 0.4) is 0 Å². The Bertz CT molecular complexity index is 402. The zero-order valence-corrected chi connectivity index (χ0v) is 11.4. The number of likely N-dealkylation sites (tertiary alicyclic amines) is 1. The standard InChI is InChI=1S/C13H18N2O3.Li/c1-18-7-6-15-8-11(12(9-15)13(16)17)10-2-4-14-5-3-10;/h2-5,11-12H,6-9H2,1H3,(H,16,17);/q;+1/p-1/t11-,12+;/m1./s1. The summed E-state index contributed by atoms with van der Waals surface area (Å²) in [6.07, 6.45) is 3.39. The van der Waals surface area contributed by atoms with Crippen molar-refractivity contribution in [2.45, 2.75) is 5.92 Å². The smallest absolute Gasteiger partial charge is 0.550 e. The number of carboxylic acids is 1. The van der Waals surface area contributed by atoms with Gasteiger partial charge < -0.3 is 14.6 Å². The number of hydrogen-bond acceptors (Lipinski definition) is 5. The van der Waals surface area contributed by atoms with Crippen LogP contribution in [0.15, 0.2) is 24.5 Å². The predicted molar refractivity (Wildman–Crippen MR) is 63.8 cm³/mol. The molecule has 1 aromatic rings. The van der Waals surface area contributed by atoms with Crippen molar-refractivity contribution in [3.05, 3.63) is 30.1 Å². The molecular weight excluding hydrogens is 239 g/mol. The van der Waals surface area contributed by atoms with Crippen LogP contribution in [-0.4, -0.2) is 49.2 Å². The molecule has 6 heteroatoms. The van der Waals surface area contributed by atoms with Gasteiger partial charge in [-0.3, -0.25) is 9.88 Å². The zero-order valence-electron chi connectivity index (χ0n) is 11.4. The molecule has 0 amide bonds. The maximum Gasteiger partial charge on any atom is 1.00 e. The number of pyridine rings is 1. The van der Waals surface area contributed by atoms with Gasteiger partial charge in [-0.1, -0.05) is 0 Å². The number of carboxylic acid groups (broad SMARTS) is 1. The van der Waals surface area contributed by atoms with E-state index in [9.17, 15) is 9.90 Å². The summed E-state index contributed by atoms with van der Waals surface area (Å²) in [6.45, 7) is 2.62. The third-order valence-electron chi connectivity index (χ3n) is 3.44. The molecule has 0 radical (unpaired) electrons. The molecule has 0 N–H and O–H groups in total. The van der Waals surface area contributed by atoms with Crippen LogP contribution in [0, 0.1) is 5.92 Å². The molecule has 1 aliphatic heterocycles. The van der Waals surface area contributed by atoms with Gasteiger partial charge in [-0.05, 0) is 17.7 Å². The number of ether oxygens (including phenoxy) is 1. The maximum atomic E-state index is 11.2. The van der Waals surface area contributed by atoms with Crippen molar-refractivity contribution in [1.29, 1.82) is 0 Å². The van der Waals surface area contributed by atoms with E-state index in [1.54, 1.807) is 19.5 Å². The summed E-state index contributed by atoms with van der Waals surface area (Å²) < 4.78 is 5.03. The van der Waals surface area contributed by atoms with E-state index in [2.05, 4.69) is 9.88 Å². The van der Waals surface area contributed by atoms with Gasteiger partial charge in [0.25, 0.3) is 0 Å². The van der Waals surface area contributed by atoms with Crippen molar-refractivity contribution in [1.82, 2.24) is 9.88 Å². The molecule has 1 aromatic heterocycles. The number of nitrogens with zero attached hydrogens (tertiary/aromatic N) is 2. The van der Waals surface area contributed by atoms with Gasteiger partial charge in [0, 0.05) is 56.9 Å². The fourth-order valence-electron chi connectivity index (χ4n) is 2.48. The van der Waals surface area contributed by atoms with Gasteiger partial charge in [0.15, 0.2) is 0 Å². The molecular formula is C13H17LiN2O3. The SMILES string of the molecule is COCCN1C[C@H](C(=O)[O-])[C@@H](c2ccncc2)C1.[Li+]. The summed E-state index contributed by atoms with van der Waals surface area (Å²) in [5, 5.41) is 11.2. The van der Waals surface area contributed by atoms with E-state index in [0.717, 1.165) is 18.7 Å². The summed E-state index contributed by atoms with van der Waals surface area (Å²) in [5.74, 6) is -1.45. The van der Waals surface area contributed by atoms with Gasteiger partial charge in [-0.25, -0.2) is 0 Å². The number of aliphatic carboxylic acids is 1. The van der Waals surface area contributed by atoms with E-state index in [1.807, 2.05) is 12.1 Å². The summed E-state index contributed by atoms with van der Waals surface area (Å²) in [5.41, 5.74) is 1.01. The van der Waals surface area contributed by atoms with E-state index in [1.165, 1.54) is 0 Å². The molecule has 2 atom stereocenters. The normalized spacial score (nSPS) is 23.0. The van der Waals surface area contributed by atoms with Gasteiger partial charge >= 0.3 is 18.9 Å². The minimum Gasteiger partial charge on any atom is -0.550 e. The van der Waals surface area contributed by atoms with E-state index in [-0.39, 0.29) is 24.8 Å². The Balaban J connectivity index is 0.00000180. The first-order valence-corrected chi connectivity index (χ1v) is 6.04. The Labute approximate surface area is 125 Å². The van der Waals surface area contributed by atoms with E-state index in [0.29, 0.717) is 13.2 Å². The zero-order chi connectivity index (χ0) is 13.0. The Morgan fingerprint density at radius 3 is 2.74 bits per heavy atom. The van der Waals surface area contributed by atoms with Gasteiger partial charge in [0.2, 0.25) is 0 Å². The molecule has 19 heavy (non-hydrogen) atoms. The first-order valence-electron chi connectivity index (χ1n) is 6.04. The number of aromatic nitrogens is 1. The van der Waals surface area contributed by atoms with Crippen molar-refractivity contribution < 1.29 is 33.5 Å². The number of carbonyl (C=O) groups is 1. The molecule has 1 aliphatic rings. The second-order valence-corrected chi connectivity index (χ2v) is 4.56. The van der Waals surface area contributed by atoms with Crippen LogP contribution < -0.4 is 24.0 Å². The summed E-state index contributed by atoms with van der Waals surface area (Å²) in [6, 6.07) is 3.75. The maximum absolute atomic E-state index is 11.2. The minimum atomic E-state index is -0.975. The molecule has 0 spiro atoms. The molecule has 98 valence electrons. The van der Waals surface area contributed by atoms with E-state index in [4.69, 9.17) is 4.74 Å². The fraction of sp³-hybridized carbons (Fsp3) is 0.538. The van der Waals surface area contributed by atoms with Crippen LogP contribution in [0.5, 0.6) is 0 Å². The van der Waals surface area contributed by atoms with Crippen LogP contribution in [0.1, 0.15) is 11.5 Å². The summed E-state index contributed by atoms with van der Waals surface area (Å²) >= 11 is 0. The number of hydrogen-bond donors (Lipinski definition) is 0. The van der Waals surface area contributed by atoms with Crippen LogP contribution >= 0.6 is 0 Å². The third-order valence-corrected chi connectivity index (χ3v) is 3.44. The molecule has 5 nitrogen and oxygen atoms in total. The molecule has 0 saturated carbocycles. The molecule has 0 aromatic carbocycles. The number of carbonyl (C=O) groups excluding carboxylic acids is 1. The van der Waals surface area contributed by atoms with E-state index >= 15 is 0 Å². The molecule has 2 rings (SSSR count). The average Bonchev–Trinajstić information content (AvgIpc) is 2.82. The Morgan fingerprint density at radius 2 is 2.16 bits per heavy atom. The molecule has 0 bridgehead atoms. The second-order valence-electron chi connectivity index (χ2n) is 4.56. The summed E-state index contributed by atoms with van der Waals surface area (Å²) in [4.78, 5) is 17.3. The number of rotatable bonds is 5. The van der Waals surface area contributed by atoms with Crippen molar-refractivity contribution in [3.63, 3.8) is 0 Å². The molecule has 2 heterocycles. The first kappa shape index (κ1) is 16.2. The minimum absolute atomic E-state index is 0. The van der Waals surface area contributed by atoms with Crippen LogP contribution in [0.25, 0.3) is 0 Å². The second kappa shape index (κ2) is 7.66. The topological polar surface area (TPSA) is 65.5 Å². The quantitative estimate of drug-likeness (QED) is 0.511. The van der Waals surface area contributed by atoms with Gasteiger partial charge in [-0.2, -0.15) is 0 Å². The van der Waals surface area contributed by atoms with Crippen molar-refractivity contribution in [2.75, 3.05) is 33.4 Å². The van der Waals surface area contributed by atoms with E-state index < -0.39 is 11.9 Å². The summed E-state index contributed by atoms with van der Waals surface area (Å²) in [7, 11) is 1.65. The van der Waals surface area contributed by atoms with Crippen molar-refractivity contribution in [2.24, 2.45) is 5.92 Å².